The maximum atomic E-state index is 12.5. The van der Waals surface area contributed by atoms with E-state index in [9.17, 15) is 24.0 Å². The molecule has 0 aromatic rings. The van der Waals surface area contributed by atoms with Crippen molar-refractivity contribution < 1.29 is 37.9 Å². The zero-order chi connectivity index (χ0) is 32.9. The number of amides is 5. The van der Waals surface area contributed by atoms with E-state index in [-0.39, 0.29) is 56.7 Å². The van der Waals surface area contributed by atoms with Crippen LogP contribution in [-0.4, -0.2) is 105 Å². The summed E-state index contributed by atoms with van der Waals surface area (Å²) in [6.07, 6.45) is 7.09. The first kappa shape index (κ1) is 39.5. The predicted molar refractivity (Wildman–Crippen MR) is 165 cm³/mol. The number of nitrogens with zero attached hydrogens (tertiary/aromatic N) is 1. The minimum absolute atomic E-state index is 0.0611. The van der Waals surface area contributed by atoms with Gasteiger partial charge in [-0.25, -0.2) is 9.59 Å². The second-order valence-corrected chi connectivity index (χ2v) is 12.6. The molecule has 0 bridgehead atoms. The highest BCUT2D eigenvalue weighted by atomic mass is 16.6. The van der Waals surface area contributed by atoms with Crippen molar-refractivity contribution in [2.75, 3.05) is 59.4 Å². The van der Waals surface area contributed by atoms with Crippen molar-refractivity contribution in [3.05, 3.63) is 0 Å². The number of likely N-dealkylation sites (N-methyl/N-ethyl adjacent to an activating group) is 1. The van der Waals surface area contributed by atoms with E-state index in [0.29, 0.717) is 49.9 Å². The van der Waals surface area contributed by atoms with Gasteiger partial charge in [-0.2, -0.15) is 0 Å². The van der Waals surface area contributed by atoms with Crippen LogP contribution in [0.15, 0.2) is 0 Å². The lowest BCUT2D eigenvalue weighted by molar-refractivity contribution is -0.907. The number of rotatable bonds is 19. The van der Waals surface area contributed by atoms with Gasteiger partial charge in [0.05, 0.1) is 46.1 Å². The van der Waals surface area contributed by atoms with Gasteiger partial charge in [-0.05, 0) is 54.4 Å². The molecule has 0 aliphatic rings. The van der Waals surface area contributed by atoms with Gasteiger partial charge < -0.3 is 40.5 Å². The summed E-state index contributed by atoms with van der Waals surface area (Å²) >= 11 is 0. The van der Waals surface area contributed by atoms with Crippen molar-refractivity contribution >= 4 is 29.9 Å². The standard InChI is InChI=1S/C30H54N6O7/c1-9-10-11-12-13-24(37)33-20-23-36(8,21-14-25(38)31-16-18-34-27(40)42-29(2,3)4)22-15-26(39)32-17-19-35-28(41)43-30(5,6)7/h1H,10-23H2,2-8H3,(H4-,31,32,33,34,35,37,38,39,40,41)/p+1. The first-order chi connectivity index (χ1) is 19.9. The molecule has 13 nitrogen and oxygen atoms in total. The van der Waals surface area contributed by atoms with Gasteiger partial charge in [0.1, 0.15) is 11.2 Å². The Morgan fingerprint density at radius 2 is 1.00 bits per heavy atom. The third-order valence-electron chi connectivity index (χ3n) is 5.94. The Hall–Kier alpha value is -3.53. The first-order valence-electron chi connectivity index (χ1n) is 15.0. The number of quaternary nitrogens is 1. The number of nitrogens with one attached hydrogen (secondary N) is 5. The van der Waals surface area contributed by atoms with E-state index < -0.39 is 23.4 Å². The molecule has 0 rings (SSSR count). The van der Waals surface area contributed by atoms with Crippen molar-refractivity contribution in [2.45, 2.75) is 91.3 Å². The molecule has 0 fully saturated rings. The fourth-order valence-electron chi connectivity index (χ4n) is 3.68. The highest BCUT2D eigenvalue weighted by Crippen LogP contribution is 2.08. The zero-order valence-electron chi connectivity index (χ0n) is 27.3. The predicted octanol–water partition coefficient (Wildman–Crippen LogP) is 1.80. The number of unbranched alkanes of at least 4 members (excludes halogenated alkanes) is 2. The molecular formula is C30H55N6O7+. The molecule has 13 heteroatoms. The minimum atomic E-state index is -0.606. The van der Waals surface area contributed by atoms with E-state index in [1.54, 1.807) is 41.5 Å². The maximum absolute atomic E-state index is 12.5. The van der Waals surface area contributed by atoms with E-state index >= 15 is 0 Å². The van der Waals surface area contributed by atoms with E-state index in [4.69, 9.17) is 15.9 Å². The molecule has 246 valence electrons. The number of hydrogen-bond donors (Lipinski definition) is 5. The minimum Gasteiger partial charge on any atom is -0.444 e. The molecule has 0 aromatic carbocycles. The topological polar surface area (TPSA) is 164 Å². The van der Waals surface area contributed by atoms with E-state index in [1.165, 1.54) is 0 Å². The molecule has 0 unspecified atom stereocenters. The highest BCUT2D eigenvalue weighted by Gasteiger charge is 2.24. The summed E-state index contributed by atoms with van der Waals surface area (Å²) in [6.45, 7) is 13.4. The van der Waals surface area contributed by atoms with Crippen LogP contribution in [0.3, 0.4) is 0 Å². The molecule has 0 aromatic heterocycles. The molecule has 0 radical (unpaired) electrons. The van der Waals surface area contributed by atoms with Gasteiger partial charge in [-0.3, -0.25) is 14.4 Å². The van der Waals surface area contributed by atoms with Gasteiger partial charge in [0.25, 0.3) is 0 Å². The van der Waals surface area contributed by atoms with Gasteiger partial charge in [-0.15, -0.1) is 12.3 Å². The lowest BCUT2D eigenvalue weighted by Crippen LogP contribution is -2.52. The van der Waals surface area contributed by atoms with Crippen LogP contribution in [0.4, 0.5) is 9.59 Å². The van der Waals surface area contributed by atoms with Crippen molar-refractivity contribution in [3.8, 4) is 12.3 Å². The normalized spacial score (nSPS) is 11.5. The SMILES string of the molecule is C#CCCCCC(=O)NCC[N+](C)(CCC(=O)NCCNC(=O)OC(C)(C)C)CCC(=O)NCCNC(=O)OC(C)(C)C. The summed E-state index contributed by atoms with van der Waals surface area (Å²) in [5.74, 6) is 2.12. The van der Waals surface area contributed by atoms with E-state index in [0.717, 1.165) is 6.42 Å². The van der Waals surface area contributed by atoms with Crippen LogP contribution in [0.1, 0.15) is 80.1 Å². The molecule has 0 spiro atoms. The van der Waals surface area contributed by atoms with Crippen LogP contribution in [0.5, 0.6) is 0 Å². The molecule has 5 amide bonds. The summed E-state index contributed by atoms with van der Waals surface area (Å²) in [5.41, 5.74) is -1.21. The number of hydrogen-bond acceptors (Lipinski definition) is 7. The monoisotopic (exact) mass is 611 g/mol. The van der Waals surface area contributed by atoms with Gasteiger partial charge in [0, 0.05) is 39.0 Å². The highest BCUT2D eigenvalue weighted by molar-refractivity contribution is 5.77. The number of terminal acetylenes is 1. The van der Waals surface area contributed by atoms with Gasteiger partial charge >= 0.3 is 12.2 Å². The summed E-state index contributed by atoms with van der Waals surface area (Å²) in [6, 6.07) is 0. The average molecular weight is 612 g/mol. The first-order valence-corrected chi connectivity index (χ1v) is 15.0. The summed E-state index contributed by atoms with van der Waals surface area (Å²) < 4.78 is 10.7. The Balaban J connectivity index is 4.76. The number of ether oxygens (including phenoxy) is 2. The second-order valence-electron chi connectivity index (χ2n) is 12.6. The van der Waals surface area contributed by atoms with Gasteiger partial charge in [0.2, 0.25) is 17.7 Å². The Kier molecular flexibility index (Phi) is 18.7. The molecule has 0 atom stereocenters. The number of carbonyl (C=O) groups is 5. The van der Waals surface area contributed by atoms with E-state index in [1.807, 2.05) is 7.05 Å². The molecular weight excluding hydrogens is 556 g/mol. The fraction of sp³-hybridized carbons (Fsp3) is 0.767. The number of carbonyl (C=O) groups excluding carboxylic acids is 5. The van der Waals surface area contributed by atoms with Crippen LogP contribution in [-0.2, 0) is 23.9 Å². The van der Waals surface area contributed by atoms with Crippen LogP contribution in [0.2, 0.25) is 0 Å². The van der Waals surface area contributed by atoms with Crippen LogP contribution < -0.4 is 26.6 Å². The third-order valence-corrected chi connectivity index (χ3v) is 5.94. The van der Waals surface area contributed by atoms with Crippen molar-refractivity contribution in [3.63, 3.8) is 0 Å². The fourth-order valence-corrected chi connectivity index (χ4v) is 3.68. The average Bonchev–Trinajstić information content (AvgIpc) is 2.87. The van der Waals surface area contributed by atoms with Gasteiger partial charge in [-0.1, -0.05) is 0 Å². The Morgan fingerprint density at radius 1 is 0.605 bits per heavy atom. The molecule has 43 heavy (non-hydrogen) atoms. The zero-order valence-corrected chi connectivity index (χ0v) is 27.3. The van der Waals surface area contributed by atoms with Crippen LogP contribution >= 0.6 is 0 Å². The molecule has 0 saturated heterocycles. The van der Waals surface area contributed by atoms with Crippen molar-refractivity contribution in [2.24, 2.45) is 0 Å². The maximum Gasteiger partial charge on any atom is 0.407 e. The summed E-state index contributed by atoms with van der Waals surface area (Å²) in [4.78, 5) is 60.7. The van der Waals surface area contributed by atoms with Crippen molar-refractivity contribution in [1.29, 1.82) is 0 Å². The summed E-state index contributed by atoms with van der Waals surface area (Å²) in [5, 5.41) is 13.7. The number of alkyl carbamates (subject to hydrolysis) is 2. The Labute approximate surface area is 257 Å². The quantitative estimate of drug-likeness (QED) is 0.0845. The van der Waals surface area contributed by atoms with E-state index in [2.05, 4.69) is 32.5 Å². The van der Waals surface area contributed by atoms with Gasteiger partial charge in [0.15, 0.2) is 0 Å². The lowest BCUT2D eigenvalue weighted by Gasteiger charge is -2.34. The Bertz CT molecular complexity index is 883. The molecule has 0 aliphatic carbocycles. The smallest absolute Gasteiger partial charge is 0.407 e. The summed E-state index contributed by atoms with van der Waals surface area (Å²) in [7, 11) is 1.94. The van der Waals surface area contributed by atoms with Crippen molar-refractivity contribution in [1.82, 2.24) is 26.6 Å². The second kappa shape index (κ2) is 20.4. The molecule has 0 heterocycles. The molecule has 0 saturated carbocycles. The largest absolute Gasteiger partial charge is 0.444 e. The molecule has 5 N–H and O–H groups in total. The van der Waals surface area contributed by atoms with Crippen LogP contribution in [0, 0.1) is 12.3 Å². The lowest BCUT2D eigenvalue weighted by atomic mass is 10.2. The molecule has 0 aliphatic heterocycles. The van der Waals surface area contributed by atoms with Crippen LogP contribution in [0.25, 0.3) is 0 Å². The third kappa shape index (κ3) is 24.7. The Morgan fingerprint density at radius 3 is 1.42 bits per heavy atom.